The minimum atomic E-state index is 0.314. The van der Waals surface area contributed by atoms with Crippen molar-refractivity contribution in [2.75, 3.05) is 11.9 Å². The van der Waals surface area contributed by atoms with E-state index in [2.05, 4.69) is 47.2 Å². The fourth-order valence-electron chi connectivity index (χ4n) is 2.55. The van der Waals surface area contributed by atoms with Crippen LogP contribution in [0.25, 0.3) is 0 Å². The molecule has 0 spiro atoms. The number of nitrogens with one attached hydrogen (secondary N) is 1. The Morgan fingerprint density at radius 2 is 2.28 bits per heavy atom. The summed E-state index contributed by atoms with van der Waals surface area (Å²) < 4.78 is 4.09. The predicted octanol–water partition coefficient (Wildman–Crippen LogP) is 2.12. The van der Waals surface area contributed by atoms with Crippen molar-refractivity contribution < 1.29 is 0 Å². The van der Waals surface area contributed by atoms with Crippen molar-refractivity contribution in [3.8, 4) is 0 Å². The van der Waals surface area contributed by atoms with Crippen LogP contribution >= 0.6 is 0 Å². The van der Waals surface area contributed by atoms with Crippen LogP contribution in [0.15, 0.2) is 12.4 Å². The fraction of sp³-hybridized carbons (Fsp3) is 0.538. The zero-order valence-corrected chi connectivity index (χ0v) is 11.1. The standard InChI is InChI=1S/C13H19N5/c1-4-17-8-11(7-15-17)12-5-6-14-13-9(2)10(3)16-18(12)13/h7-8,12,14H,4-6H2,1-3H3. The molecule has 1 N–H and O–H groups in total. The van der Waals surface area contributed by atoms with Gasteiger partial charge in [0, 0.05) is 30.4 Å². The molecule has 0 radical (unpaired) electrons. The molecule has 96 valence electrons. The minimum Gasteiger partial charge on any atom is -0.370 e. The minimum absolute atomic E-state index is 0.314. The summed E-state index contributed by atoms with van der Waals surface area (Å²) in [6.45, 7) is 8.20. The normalized spacial score (nSPS) is 18.5. The Hall–Kier alpha value is -1.78. The van der Waals surface area contributed by atoms with Crippen LogP contribution in [0.5, 0.6) is 0 Å². The average molecular weight is 245 g/mol. The van der Waals surface area contributed by atoms with Crippen molar-refractivity contribution in [1.82, 2.24) is 19.6 Å². The maximum absolute atomic E-state index is 4.66. The van der Waals surface area contributed by atoms with Crippen molar-refractivity contribution in [1.29, 1.82) is 0 Å². The first kappa shape index (κ1) is 11.3. The van der Waals surface area contributed by atoms with Gasteiger partial charge < -0.3 is 5.32 Å². The molecular weight excluding hydrogens is 226 g/mol. The second-order valence-corrected chi connectivity index (χ2v) is 4.86. The summed E-state index contributed by atoms with van der Waals surface area (Å²) in [6, 6.07) is 0.314. The van der Waals surface area contributed by atoms with E-state index in [1.165, 1.54) is 11.1 Å². The highest BCUT2D eigenvalue weighted by atomic mass is 15.4. The molecule has 0 aliphatic carbocycles. The molecule has 1 aliphatic heterocycles. The van der Waals surface area contributed by atoms with Crippen LogP contribution in [-0.2, 0) is 6.54 Å². The van der Waals surface area contributed by atoms with Gasteiger partial charge in [0.05, 0.1) is 17.9 Å². The summed E-state index contributed by atoms with van der Waals surface area (Å²) in [6.07, 6.45) is 5.16. The van der Waals surface area contributed by atoms with Gasteiger partial charge in [0.15, 0.2) is 0 Å². The van der Waals surface area contributed by atoms with Crippen LogP contribution in [0.2, 0.25) is 0 Å². The molecule has 0 bridgehead atoms. The topological polar surface area (TPSA) is 47.7 Å². The van der Waals surface area contributed by atoms with Gasteiger partial charge in [-0.3, -0.25) is 4.68 Å². The fourth-order valence-corrected chi connectivity index (χ4v) is 2.55. The molecular formula is C13H19N5. The van der Waals surface area contributed by atoms with Crippen LogP contribution in [0.1, 0.15) is 36.2 Å². The Bertz CT molecular complexity index is 566. The van der Waals surface area contributed by atoms with Crippen molar-refractivity contribution in [3.63, 3.8) is 0 Å². The number of aryl methyl sites for hydroxylation is 2. The Balaban J connectivity index is 2.03. The van der Waals surface area contributed by atoms with Gasteiger partial charge in [0.2, 0.25) is 0 Å². The van der Waals surface area contributed by atoms with E-state index in [1.807, 2.05) is 10.9 Å². The van der Waals surface area contributed by atoms with Gasteiger partial charge in [-0.15, -0.1) is 0 Å². The molecule has 0 saturated carbocycles. The molecule has 0 fully saturated rings. The summed E-state index contributed by atoms with van der Waals surface area (Å²) in [4.78, 5) is 0. The molecule has 2 aromatic heterocycles. The second kappa shape index (κ2) is 4.15. The van der Waals surface area contributed by atoms with Crippen LogP contribution in [0.3, 0.4) is 0 Å². The molecule has 18 heavy (non-hydrogen) atoms. The van der Waals surface area contributed by atoms with E-state index in [9.17, 15) is 0 Å². The van der Waals surface area contributed by atoms with E-state index in [4.69, 9.17) is 0 Å². The lowest BCUT2D eigenvalue weighted by atomic mass is 10.1. The summed E-state index contributed by atoms with van der Waals surface area (Å²) in [5.41, 5.74) is 3.61. The van der Waals surface area contributed by atoms with Crippen molar-refractivity contribution in [2.24, 2.45) is 0 Å². The van der Waals surface area contributed by atoms with Crippen LogP contribution in [0.4, 0.5) is 5.82 Å². The average Bonchev–Trinajstić information content (AvgIpc) is 2.96. The monoisotopic (exact) mass is 245 g/mol. The third kappa shape index (κ3) is 1.62. The van der Waals surface area contributed by atoms with Gasteiger partial charge in [-0.05, 0) is 27.2 Å². The first-order valence-corrected chi connectivity index (χ1v) is 6.52. The smallest absolute Gasteiger partial charge is 0.128 e. The lowest BCUT2D eigenvalue weighted by molar-refractivity contribution is 0.479. The van der Waals surface area contributed by atoms with Gasteiger partial charge >= 0.3 is 0 Å². The lowest BCUT2D eigenvalue weighted by Crippen LogP contribution is -2.24. The molecule has 2 aromatic rings. The number of anilines is 1. The maximum atomic E-state index is 4.66. The van der Waals surface area contributed by atoms with Gasteiger partial charge in [-0.1, -0.05) is 0 Å². The van der Waals surface area contributed by atoms with Crippen LogP contribution in [0, 0.1) is 13.8 Å². The van der Waals surface area contributed by atoms with E-state index >= 15 is 0 Å². The third-order valence-corrected chi connectivity index (χ3v) is 3.75. The second-order valence-electron chi connectivity index (χ2n) is 4.86. The van der Waals surface area contributed by atoms with E-state index in [0.29, 0.717) is 6.04 Å². The Kier molecular flexibility index (Phi) is 2.61. The van der Waals surface area contributed by atoms with Crippen molar-refractivity contribution in [2.45, 2.75) is 39.8 Å². The molecule has 0 amide bonds. The highest BCUT2D eigenvalue weighted by molar-refractivity contribution is 5.49. The van der Waals surface area contributed by atoms with Crippen molar-refractivity contribution >= 4 is 5.82 Å². The number of fused-ring (bicyclic) bond motifs is 1. The zero-order chi connectivity index (χ0) is 12.7. The highest BCUT2D eigenvalue weighted by Crippen LogP contribution is 2.32. The van der Waals surface area contributed by atoms with Crippen LogP contribution in [-0.4, -0.2) is 26.1 Å². The summed E-state index contributed by atoms with van der Waals surface area (Å²) in [7, 11) is 0. The Labute approximate surface area is 107 Å². The van der Waals surface area contributed by atoms with E-state index in [1.54, 1.807) is 0 Å². The molecule has 1 aliphatic rings. The number of hydrogen-bond donors (Lipinski definition) is 1. The molecule has 3 heterocycles. The number of aromatic nitrogens is 4. The van der Waals surface area contributed by atoms with Crippen molar-refractivity contribution in [3.05, 3.63) is 29.2 Å². The summed E-state index contributed by atoms with van der Waals surface area (Å²) in [5, 5.41) is 12.5. The molecule has 1 atom stereocenters. The van der Waals surface area contributed by atoms with E-state index in [-0.39, 0.29) is 0 Å². The quantitative estimate of drug-likeness (QED) is 0.881. The van der Waals surface area contributed by atoms with Crippen LogP contribution < -0.4 is 5.32 Å². The number of nitrogens with zero attached hydrogens (tertiary/aromatic N) is 4. The van der Waals surface area contributed by atoms with E-state index < -0.39 is 0 Å². The highest BCUT2D eigenvalue weighted by Gasteiger charge is 2.25. The maximum Gasteiger partial charge on any atom is 0.128 e. The van der Waals surface area contributed by atoms with Gasteiger partial charge in [-0.2, -0.15) is 10.2 Å². The zero-order valence-electron chi connectivity index (χ0n) is 11.1. The molecule has 0 saturated heterocycles. The number of hydrogen-bond acceptors (Lipinski definition) is 3. The van der Waals surface area contributed by atoms with E-state index in [0.717, 1.165) is 31.0 Å². The lowest BCUT2D eigenvalue weighted by Gasteiger charge is -2.25. The Morgan fingerprint density at radius 3 is 3.00 bits per heavy atom. The molecule has 5 heteroatoms. The van der Waals surface area contributed by atoms with Gasteiger partial charge in [-0.25, -0.2) is 4.68 Å². The molecule has 5 nitrogen and oxygen atoms in total. The van der Waals surface area contributed by atoms with Gasteiger partial charge in [0.1, 0.15) is 5.82 Å². The third-order valence-electron chi connectivity index (χ3n) is 3.75. The molecule has 0 aromatic carbocycles. The molecule has 1 unspecified atom stereocenters. The predicted molar refractivity (Wildman–Crippen MR) is 70.8 cm³/mol. The number of rotatable bonds is 2. The van der Waals surface area contributed by atoms with Gasteiger partial charge in [0.25, 0.3) is 0 Å². The SMILES string of the molecule is CCn1cc(C2CCNc3c(C)c(C)nn32)cn1. The first-order chi connectivity index (χ1) is 8.70. The summed E-state index contributed by atoms with van der Waals surface area (Å²) in [5.74, 6) is 1.16. The summed E-state index contributed by atoms with van der Waals surface area (Å²) >= 11 is 0. The largest absolute Gasteiger partial charge is 0.370 e. The molecule has 3 rings (SSSR count). The first-order valence-electron chi connectivity index (χ1n) is 6.52. The Morgan fingerprint density at radius 1 is 1.44 bits per heavy atom.